The Morgan fingerprint density at radius 3 is 2.72 bits per heavy atom. The largest absolute Gasteiger partial charge is 0.398 e. The highest BCUT2D eigenvalue weighted by atomic mass is 35.5. The highest BCUT2D eigenvalue weighted by molar-refractivity contribution is 6.39. The number of nitrogens with zero attached hydrogens (tertiary/aromatic N) is 1. The van der Waals surface area contributed by atoms with Gasteiger partial charge in [0.2, 0.25) is 0 Å². The van der Waals surface area contributed by atoms with E-state index in [0.29, 0.717) is 16.4 Å². The molecule has 18 heavy (non-hydrogen) atoms. The average molecular weight is 272 g/mol. The first-order valence-corrected chi connectivity index (χ1v) is 5.56. The molecule has 6 nitrogen and oxygen atoms in total. The lowest BCUT2D eigenvalue weighted by Crippen LogP contribution is -2.38. The van der Waals surface area contributed by atoms with E-state index in [4.69, 9.17) is 22.4 Å². The summed E-state index contributed by atoms with van der Waals surface area (Å²) in [5.74, 6) is -1.54. The number of nitrogen functional groups attached to an aromatic ring is 1. The Bertz CT molecular complexity index is 465. The molecule has 0 aromatic heterocycles. The Morgan fingerprint density at radius 1 is 1.50 bits per heavy atom. The van der Waals surface area contributed by atoms with Gasteiger partial charge >= 0.3 is 11.8 Å². The number of hydrogen-bond acceptors (Lipinski definition) is 4. The molecule has 2 amide bonds. The molecule has 1 aromatic rings. The third kappa shape index (κ3) is 3.61. The number of carbonyl (C=O) groups excluding carboxylic acids is 2. The van der Waals surface area contributed by atoms with Gasteiger partial charge in [-0.15, -0.1) is 0 Å². The molecule has 1 rings (SSSR count). The number of aliphatic hydroxyl groups excluding tert-OH is 1. The van der Waals surface area contributed by atoms with Crippen molar-refractivity contribution in [2.24, 2.45) is 0 Å². The highest BCUT2D eigenvalue weighted by Gasteiger charge is 2.18. The number of nitrogens with one attached hydrogen (secondary N) is 1. The van der Waals surface area contributed by atoms with E-state index in [0.717, 1.165) is 4.90 Å². The van der Waals surface area contributed by atoms with Crippen molar-refractivity contribution in [3.8, 4) is 0 Å². The zero-order valence-electron chi connectivity index (χ0n) is 9.81. The molecule has 0 saturated carbocycles. The second-order valence-electron chi connectivity index (χ2n) is 3.64. The third-order valence-corrected chi connectivity index (χ3v) is 2.56. The van der Waals surface area contributed by atoms with Crippen molar-refractivity contribution >= 4 is 34.8 Å². The molecule has 0 radical (unpaired) electrons. The van der Waals surface area contributed by atoms with Gasteiger partial charge in [-0.3, -0.25) is 9.59 Å². The standard InChI is InChI=1S/C11H14ClN3O3/c1-15(4-5-16)11(18)10(17)14-7-2-3-9(13)8(12)6-7/h2-3,6,16H,4-5,13H2,1H3,(H,14,17). The summed E-state index contributed by atoms with van der Waals surface area (Å²) in [4.78, 5) is 24.2. The maximum Gasteiger partial charge on any atom is 0.313 e. The summed E-state index contributed by atoms with van der Waals surface area (Å²) in [6, 6.07) is 4.52. The monoisotopic (exact) mass is 271 g/mol. The summed E-state index contributed by atoms with van der Waals surface area (Å²) in [5, 5.41) is 11.4. The van der Waals surface area contributed by atoms with Crippen LogP contribution in [0.1, 0.15) is 0 Å². The van der Waals surface area contributed by atoms with Gasteiger partial charge in [0, 0.05) is 19.3 Å². The smallest absolute Gasteiger partial charge is 0.313 e. The minimum atomic E-state index is -0.799. The van der Waals surface area contributed by atoms with Crippen molar-refractivity contribution in [1.82, 2.24) is 4.90 Å². The first-order chi connectivity index (χ1) is 8.45. The van der Waals surface area contributed by atoms with Crippen LogP contribution in [0.2, 0.25) is 5.02 Å². The lowest BCUT2D eigenvalue weighted by atomic mass is 10.3. The van der Waals surface area contributed by atoms with Gasteiger partial charge in [-0.1, -0.05) is 11.6 Å². The number of amides is 2. The topological polar surface area (TPSA) is 95.7 Å². The number of nitrogens with two attached hydrogens (primary N) is 1. The van der Waals surface area contributed by atoms with Gasteiger partial charge in [-0.2, -0.15) is 0 Å². The number of halogens is 1. The van der Waals surface area contributed by atoms with Crippen molar-refractivity contribution in [2.75, 3.05) is 31.2 Å². The van der Waals surface area contributed by atoms with E-state index in [1.807, 2.05) is 0 Å². The van der Waals surface area contributed by atoms with Crippen LogP contribution in [-0.2, 0) is 9.59 Å². The fraction of sp³-hybridized carbons (Fsp3) is 0.273. The molecule has 1 aromatic carbocycles. The maximum absolute atomic E-state index is 11.6. The zero-order chi connectivity index (χ0) is 13.7. The molecule has 0 aliphatic carbocycles. The van der Waals surface area contributed by atoms with Gasteiger partial charge in [-0.05, 0) is 18.2 Å². The molecule has 4 N–H and O–H groups in total. The summed E-state index contributed by atoms with van der Waals surface area (Å²) >= 11 is 5.78. The predicted molar refractivity (Wildman–Crippen MR) is 69.2 cm³/mol. The summed E-state index contributed by atoms with van der Waals surface area (Å²) in [6.45, 7) is -0.113. The number of rotatable bonds is 3. The van der Waals surface area contributed by atoms with E-state index >= 15 is 0 Å². The third-order valence-electron chi connectivity index (χ3n) is 2.23. The van der Waals surface area contributed by atoms with E-state index in [-0.39, 0.29) is 13.2 Å². The van der Waals surface area contributed by atoms with Gasteiger partial charge < -0.3 is 21.1 Å². The average Bonchev–Trinajstić information content (AvgIpc) is 2.33. The minimum absolute atomic E-state index is 0.0920. The molecule has 98 valence electrons. The molecular formula is C11H14ClN3O3. The van der Waals surface area contributed by atoms with Crippen LogP contribution in [0.5, 0.6) is 0 Å². The Balaban J connectivity index is 2.69. The number of hydrogen-bond donors (Lipinski definition) is 3. The summed E-state index contributed by atoms with van der Waals surface area (Å²) < 4.78 is 0. The molecule has 0 bridgehead atoms. The molecule has 0 aliphatic rings. The zero-order valence-corrected chi connectivity index (χ0v) is 10.6. The van der Waals surface area contributed by atoms with Crippen LogP contribution in [-0.4, -0.2) is 42.0 Å². The fourth-order valence-electron chi connectivity index (χ4n) is 1.21. The van der Waals surface area contributed by atoms with Gasteiger partial charge in [0.15, 0.2) is 0 Å². The number of carbonyl (C=O) groups is 2. The van der Waals surface area contributed by atoms with Gasteiger partial charge in [0.1, 0.15) is 0 Å². The normalized spacial score (nSPS) is 9.94. The molecule has 0 aliphatic heterocycles. The Morgan fingerprint density at radius 2 is 2.17 bits per heavy atom. The first kappa shape index (κ1) is 14.3. The van der Waals surface area contributed by atoms with Crippen molar-refractivity contribution in [1.29, 1.82) is 0 Å². The lowest BCUT2D eigenvalue weighted by molar-refractivity contribution is -0.142. The summed E-state index contributed by atoms with van der Waals surface area (Å²) in [7, 11) is 1.42. The van der Waals surface area contributed by atoms with Crippen molar-refractivity contribution in [2.45, 2.75) is 0 Å². The molecule has 0 heterocycles. The van der Waals surface area contributed by atoms with Gasteiger partial charge in [0.25, 0.3) is 0 Å². The highest BCUT2D eigenvalue weighted by Crippen LogP contribution is 2.22. The molecule has 0 spiro atoms. The van der Waals surface area contributed by atoms with Crippen LogP contribution in [0.4, 0.5) is 11.4 Å². The maximum atomic E-state index is 11.6. The van der Waals surface area contributed by atoms with Crippen LogP contribution in [0.25, 0.3) is 0 Å². The van der Waals surface area contributed by atoms with Crippen molar-refractivity contribution in [3.05, 3.63) is 23.2 Å². The summed E-state index contributed by atoms with van der Waals surface area (Å²) in [6.07, 6.45) is 0. The molecule has 0 saturated heterocycles. The van der Waals surface area contributed by atoms with Gasteiger partial charge in [-0.25, -0.2) is 0 Å². The first-order valence-electron chi connectivity index (χ1n) is 5.18. The molecule has 0 unspecified atom stereocenters. The van der Waals surface area contributed by atoms with Crippen LogP contribution in [0.15, 0.2) is 18.2 Å². The second kappa shape index (κ2) is 6.23. The Kier molecular flexibility index (Phi) is 4.94. The Labute approximate surface area is 109 Å². The van der Waals surface area contributed by atoms with E-state index in [2.05, 4.69) is 5.32 Å². The Hall–Kier alpha value is -1.79. The van der Waals surface area contributed by atoms with E-state index < -0.39 is 11.8 Å². The van der Waals surface area contributed by atoms with Crippen molar-refractivity contribution in [3.63, 3.8) is 0 Å². The number of likely N-dealkylation sites (N-methyl/N-ethyl adjacent to an activating group) is 1. The molecule has 0 atom stereocenters. The molecule has 0 fully saturated rings. The van der Waals surface area contributed by atoms with Crippen LogP contribution >= 0.6 is 11.6 Å². The SMILES string of the molecule is CN(CCO)C(=O)C(=O)Nc1ccc(N)c(Cl)c1. The van der Waals surface area contributed by atoms with Crippen LogP contribution in [0, 0.1) is 0 Å². The van der Waals surface area contributed by atoms with E-state index in [9.17, 15) is 9.59 Å². The fourth-order valence-corrected chi connectivity index (χ4v) is 1.39. The van der Waals surface area contributed by atoms with E-state index in [1.54, 1.807) is 6.07 Å². The quantitative estimate of drug-likeness (QED) is 0.545. The lowest BCUT2D eigenvalue weighted by Gasteiger charge is -2.15. The summed E-state index contributed by atoms with van der Waals surface area (Å²) in [5.41, 5.74) is 6.29. The van der Waals surface area contributed by atoms with E-state index in [1.165, 1.54) is 19.2 Å². The van der Waals surface area contributed by atoms with Crippen LogP contribution < -0.4 is 11.1 Å². The molecule has 7 heteroatoms. The number of aliphatic hydroxyl groups is 1. The molecular weight excluding hydrogens is 258 g/mol. The predicted octanol–water partition coefficient (Wildman–Crippen LogP) is 0.311. The van der Waals surface area contributed by atoms with Crippen molar-refractivity contribution < 1.29 is 14.7 Å². The minimum Gasteiger partial charge on any atom is -0.398 e. The van der Waals surface area contributed by atoms with Crippen LogP contribution in [0.3, 0.4) is 0 Å². The second-order valence-corrected chi connectivity index (χ2v) is 4.05. The number of benzene rings is 1. The van der Waals surface area contributed by atoms with Gasteiger partial charge in [0.05, 0.1) is 17.3 Å². The number of anilines is 2.